The van der Waals surface area contributed by atoms with E-state index < -0.39 is 0 Å². The second-order valence-corrected chi connectivity index (χ2v) is 5.08. The minimum absolute atomic E-state index is 0.0580. The predicted octanol–water partition coefficient (Wildman–Crippen LogP) is 1.85. The second kappa shape index (κ2) is 5.73. The fourth-order valence-electron chi connectivity index (χ4n) is 2.43. The Kier molecular flexibility index (Phi) is 3.80. The van der Waals surface area contributed by atoms with Crippen LogP contribution in [0.25, 0.3) is 10.9 Å². The molecule has 2 heterocycles. The number of hydrogen-bond acceptors (Lipinski definition) is 5. The number of rotatable bonds is 4. The summed E-state index contributed by atoms with van der Waals surface area (Å²) in [4.78, 5) is 20.6. The number of benzene rings is 1. The molecule has 1 atom stereocenters. The van der Waals surface area contributed by atoms with E-state index >= 15 is 0 Å². The molecule has 0 unspecified atom stereocenters. The summed E-state index contributed by atoms with van der Waals surface area (Å²) in [6, 6.07) is 5.62. The molecule has 1 fully saturated rings. The molecule has 1 aromatic carbocycles. The Hall–Kier alpha value is -1.72. The van der Waals surface area contributed by atoms with Crippen molar-refractivity contribution in [3.63, 3.8) is 0 Å². The molecule has 3 rings (SSSR count). The van der Waals surface area contributed by atoms with Gasteiger partial charge in [0.05, 0.1) is 6.54 Å². The van der Waals surface area contributed by atoms with Crippen molar-refractivity contribution in [3.8, 4) is 5.75 Å². The quantitative estimate of drug-likeness (QED) is 0.804. The van der Waals surface area contributed by atoms with E-state index in [0.717, 1.165) is 24.9 Å². The molecule has 1 aliphatic rings. The minimum Gasteiger partial charge on any atom is -0.487 e. The normalized spacial score (nSPS) is 19.4. The lowest BCUT2D eigenvalue weighted by Gasteiger charge is -2.15. The van der Waals surface area contributed by atoms with Crippen LogP contribution in [0.5, 0.6) is 5.75 Å². The average Bonchev–Trinajstić information content (AvgIpc) is 2.88. The molecule has 0 aliphatic carbocycles. The topological polar surface area (TPSA) is 55.3 Å². The van der Waals surface area contributed by atoms with Crippen molar-refractivity contribution in [3.05, 3.63) is 29.7 Å². The SMILES string of the molecule is O=[C]CN1CC[C@H](Oc2cccc3c(Cl)ncnc23)C1. The largest absolute Gasteiger partial charge is 0.487 e. The first-order chi connectivity index (χ1) is 9.78. The highest BCUT2D eigenvalue weighted by Crippen LogP contribution is 2.29. The molecule has 103 valence electrons. The van der Waals surface area contributed by atoms with Crippen molar-refractivity contribution in [2.24, 2.45) is 0 Å². The molecule has 2 aromatic rings. The lowest BCUT2D eigenvalue weighted by atomic mass is 10.2. The van der Waals surface area contributed by atoms with E-state index in [-0.39, 0.29) is 6.10 Å². The van der Waals surface area contributed by atoms with Gasteiger partial charge in [-0.3, -0.25) is 9.69 Å². The molecule has 0 amide bonds. The zero-order valence-electron chi connectivity index (χ0n) is 10.8. The van der Waals surface area contributed by atoms with Crippen molar-refractivity contribution in [2.75, 3.05) is 19.6 Å². The summed E-state index contributed by atoms with van der Waals surface area (Å²) in [5.41, 5.74) is 0.716. The Labute approximate surface area is 121 Å². The van der Waals surface area contributed by atoms with Gasteiger partial charge in [0.2, 0.25) is 6.29 Å². The molecule has 0 bridgehead atoms. The van der Waals surface area contributed by atoms with Gasteiger partial charge in [-0.1, -0.05) is 17.7 Å². The van der Waals surface area contributed by atoms with Gasteiger partial charge in [0.1, 0.15) is 28.9 Å². The Balaban J connectivity index is 1.82. The van der Waals surface area contributed by atoms with Gasteiger partial charge < -0.3 is 4.74 Å². The number of para-hydroxylation sites is 1. The maximum Gasteiger partial charge on any atom is 0.213 e. The molecular weight excluding hydrogens is 278 g/mol. The molecule has 5 nitrogen and oxygen atoms in total. The number of aromatic nitrogens is 2. The number of ether oxygens (including phenoxy) is 1. The second-order valence-electron chi connectivity index (χ2n) is 4.72. The maximum atomic E-state index is 10.4. The van der Waals surface area contributed by atoms with E-state index in [4.69, 9.17) is 16.3 Å². The van der Waals surface area contributed by atoms with Crippen LogP contribution >= 0.6 is 11.6 Å². The van der Waals surface area contributed by atoms with Gasteiger partial charge in [-0.2, -0.15) is 0 Å². The van der Waals surface area contributed by atoms with Crippen LogP contribution in [-0.2, 0) is 4.79 Å². The number of carbonyl (C=O) groups excluding carboxylic acids is 1. The van der Waals surface area contributed by atoms with Crippen LogP contribution in [0.15, 0.2) is 24.5 Å². The highest BCUT2D eigenvalue weighted by molar-refractivity contribution is 6.34. The van der Waals surface area contributed by atoms with Gasteiger partial charge in [0, 0.05) is 18.5 Å². The van der Waals surface area contributed by atoms with Gasteiger partial charge >= 0.3 is 0 Å². The van der Waals surface area contributed by atoms with Crippen LogP contribution in [0.2, 0.25) is 5.15 Å². The molecule has 20 heavy (non-hydrogen) atoms. The monoisotopic (exact) mass is 290 g/mol. The van der Waals surface area contributed by atoms with Gasteiger partial charge in [-0.05, 0) is 18.6 Å². The number of halogens is 1. The first kappa shape index (κ1) is 13.3. The molecule has 1 radical (unpaired) electrons. The van der Waals surface area contributed by atoms with Gasteiger partial charge in [-0.15, -0.1) is 0 Å². The van der Waals surface area contributed by atoms with E-state index in [1.54, 1.807) is 0 Å². The molecule has 1 saturated heterocycles. The predicted molar refractivity (Wildman–Crippen MR) is 75.7 cm³/mol. The Morgan fingerprint density at radius 3 is 3.20 bits per heavy atom. The molecule has 1 aromatic heterocycles. The number of nitrogens with zero attached hydrogens (tertiary/aromatic N) is 3. The molecule has 0 saturated carbocycles. The van der Waals surface area contributed by atoms with E-state index in [1.807, 2.05) is 29.4 Å². The van der Waals surface area contributed by atoms with E-state index in [9.17, 15) is 4.79 Å². The summed E-state index contributed by atoms with van der Waals surface area (Å²) >= 11 is 6.05. The fourth-order valence-corrected chi connectivity index (χ4v) is 2.63. The fraction of sp³-hybridized carbons (Fsp3) is 0.357. The van der Waals surface area contributed by atoms with Crippen LogP contribution in [0, 0.1) is 0 Å². The number of hydrogen-bond donors (Lipinski definition) is 0. The maximum absolute atomic E-state index is 10.4. The van der Waals surface area contributed by atoms with Gasteiger partial charge in [0.25, 0.3) is 0 Å². The summed E-state index contributed by atoms with van der Waals surface area (Å²) in [6.07, 6.45) is 4.29. The smallest absolute Gasteiger partial charge is 0.213 e. The number of fused-ring (bicyclic) bond motifs is 1. The minimum atomic E-state index is 0.0580. The summed E-state index contributed by atoms with van der Waals surface area (Å²) in [7, 11) is 0. The molecule has 0 N–H and O–H groups in total. The van der Waals surface area contributed by atoms with Gasteiger partial charge in [0.15, 0.2) is 0 Å². The lowest BCUT2D eigenvalue weighted by Crippen LogP contribution is -2.26. The molecule has 0 spiro atoms. The van der Waals surface area contributed by atoms with Crippen molar-refractivity contribution in [1.29, 1.82) is 0 Å². The zero-order chi connectivity index (χ0) is 13.9. The number of likely N-dealkylation sites (tertiary alicyclic amines) is 1. The first-order valence-corrected chi connectivity index (χ1v) is 6.79. The third kappa shape index (κ3) is 2.59. The highest BCUT2D eigenvalue weighted by atomic mass is 35.5. The first-order valence-electron chi connectivity index (χ1n) is 6.41. The van der Waals surface area contributed by atoms with Crippen LogP contribution in [0.4, 0.5) is 0 Å². The van der Waals surface area contributed by atoms with E-state index in [0.29, 0.717) is 23.0 Å². The molecular formula is C14H13ClN3O2. The van der Waals surface area contributed by atoms with Crippen LogP contribution in [0.3, 0.4) is 0 Å². The highest BCUT2D eigenvalue weighted by Gasteiger charge is 2.24. The summed E-state index contributed by atoms with van der Waals surface area (Å²) in [5, 5.41) is 1.20. The summed E-state index contributed by atoms with van der Waals surface area (Å²) in [5.74, 6) is 0.703. The Morgan fingerprint density at radius 1 is 1.45 bits per heavy atom. The van der Waals surface area contributed by atoms with Gasteiger partial charge in [-0.25, -0.2) is 9.97 Å². The lowest BCUT2D eigenvalue weighted by molar-refractivity contribution is 0.207. The van der Waals surface area contributed by atoms with Crippen LogP contribution < -0.4 is 4.74 Å². The average molecular weight is 291 g/mol. The van der Waals surface area contributed by atoms with Crippen LogP contribution in [0.1, 0.15) is 6.42 Å². The van der Waals surface area contributed by atoms with E-state index in [2.05, 4.69) is 9.97 Å². The third-order valence-electron chi connectivity index (χ3n) is 3.39. The van der Waals surface area contributed by atoms with Crippen molar-refractivity contribution < 1.29 is 9.53 Å². The van der Waals surface area contributed by atoms with E-state index in [1.165, 1.54) is 6.33 Å². The third-order valence-corrected chi connectivity index (χ3v) is 3.69. The van der Waals surface area contributed by atoms with Crippen molar-refractivity contribution in [1.82, 2.24) is 14.9 Å². The Bertz CT molecular complexity index is 635. The summed E-state index contributed by atoms with van der Waals surface area (Å²) < 4.78 is 6.00. The Morgan fingerprint density at radius 2 is 2.35 bits per heavy atom. The molecule has 6 heteroatoms. The molecule has 1 aliphatic heterocycles. The summed E-state index contributed by atoms with van der Waals surface area (Å²) in [6.45, 7) is 1.91. The van der Waals surface area contributed by atoms with Crippen molar-refractivity contribution in [2.45, 2.75) is 12.5 Å². The zero-order valence-corrected chi connectivity index (χ0v) is 11.5. The van der Waals surface area contributed by atoms with Crippen LogP contribution in [-0.4, -0.2) is 46.9 Å². The van der Waals surface area contributed by atoms with Crippen molar-refractivity contribution >= 4 is 28.8 Å². The standard InChI is InChI=1S/C14H13ClN3O2/c15-14-11-2-1-3-12(13(11)16-9-17-14)20-10-4-5-18(8-10)6-7-19/h1-3,9-10H,4-6,8H2/t10-/m0/s1.